The van der Waals surface area contributed by atoms with Gasteiger partial charge in [-0.05, 0) is 17.4 Å². The van der Waals surface area contributed by atoms with Gasteiger partial charge in [-0.2, -0.15) is 0 Å². The van der Waals surface area contributed by atoms with Crippen LogP contribution >= 0.6 is 0 Å². The molecule has 2 rings (SSSR count). The molecule has 0 aromatic carbocycles. The number of nitrogens with zero attached hydrogens (tertiary/aromatic N) is 2. The van der Waals surface area contributed by atoms with Gasteiger partial charge in [-0.25, -0.2) is 9.97 Å². The molecule has 0 amide bonds. The van der Waals surface area contributed by atoms with E-state index in [4.69, 9.17) is 4.74 Å². The number of Topliss-reactive ketones (excluding diaryl/α,β-unsaturated/α-hetero) is 1. The van der Waals surface area contributed by atoms with Crippen molar-refractivity contribution in [1.82, 2.24) is 15.0 Å². The third-order valence-corrected chi connectivity index (χ3v) is 2.90. The van der Waals surface area contributed by atoms with E-state index in [9.17, 15) is 4.79 Å². The predicted molar refractivity (Wildman–Crippen MR) is 81.0 cm³/mol. The fourth-order valence-electron chi connectivity index (χ4n) is 1.82. The second kappa shape index (κ2) is 6.89. The number of fused-ring (bicyclic) bond motifs is 1. The fraction of sp³-hybridized carbons (Fsp3) is 0.438. The molecule has 0 aliphatic rings. The van der Waals surface area contributed by atoms with Gasteiger partial charge in [-0.15, -0.1) is 0 Å². The molecular weight excluding hydrogens is 266 g/mol. The highest BCUT2D eigenvalue weighted by Gasteiger charge is 2.12. The van der Waals surface area contributed by atoms with Gasteiger partial charge in [0, 0.05) is 19.0 Å². The van der Waals surface area contributed by atoms with Crippen molar-refractivity contribution in [2.75, 3.05) is 6.61 Å². The average Bonchev–Trinajstić information content (AvgIpc) is 2.88. The van der Waals surface area contributed by atoms with E-state index in [0.29, 0.717) is 31.2 Å². The van der Waals surface area contributed by atoms with E-state index in [1.807, 2.05) is 6.20 Å². The van der Waals surface area contributed by atoms with E-state index in [0.717, 1.165) is 16.6 Å². The molecule has 2 aromatic heterocycles. The first kappa shape index (κ1) is 15.0. The summed E-state index contributed by atoms with van der Waals surface area (Å²) in [6.45, 7) is 6.56. The summed E-state index contributed by atoms with van der Waals surface area (Å²) in [7, 11) is 0. The van der Waals surface area contributed by atoms with E-state index in [1.54, 1.807) is 6.92 Å². The van der Waals surface area contributed by atoms with Gasteiger partial charge in [0.1, 0.15) is 12.0 Å². The molecule has 0 saturated carbocycles. The van der Waals surface area contributed by atoms with Crippen LogP contribution in [0.3, 0.4) is 0 Å². The molecule has 0 spiro atoms. The first-order valence-corrected chi connectivity index (χ1v) is 7.07. The Morgan fingerprint density at radius 1 is 1.43 bits per heavy atom. The maximum atomic E-state index is 11.2. The number of ketones is 1. The number of nitrogens with one attached hydrogen (secondary N) is 1. The maximum absolute atomic E-state index is 11.2. The highest BCUT2D eigenvalue weighted by atomic mass is 16.5. The minimum Gasteiger partial charge on any atom is -0.477 e. The molecule has 0 radical (unpaired) electrons. The Labute approximate surface area is 124 Å². The lowest BCUT2D eigenvalue weighted by molar-refractivity contribution is -0.113. The van der Waals surface area contributed by atoms with Crippen LogP contribution in [0.4, 0.5) is 0 Å². The van der Waals surface area contributed by atoms with Crippen molar-refractivity contribution >= 4 is 16.8 Å². The molecule has 21 heavy (non-hydrogen) atoms. The van der Waals surface area contributed by atoms with Crippen LogP contribution in [-0.2, 0) is 11.2 Å². The van der Waals surface area contributed by atoms with Crippen LogP contribution in [0.2, 0.25) is 0 Å². The molecule has 0 atom stereocenters. The van der Waals surface area contributed by atoms with Gasteiger partial charge in [0.15, 0.2) is 0 Å². The lowest BCUT2D eigenvalue weighted by Gasteiger charge is -2.08. The Hall–Kier alpha value is -2.35. The second-order valence-electron chi connectivity index (χ2n) is 5.18. The summed E-state index contributed by atoms with van der Waals surface area (Å²) < 4.78 is 5.74. The van der Waals surface area contributed by atoms with Crippen molar-refractivity contribution in [3.8, 4) is 17.7 Å². The molecule has 5 nitrogen and oxygen atoms in total. The Kier molecular flexibility index (Phi) is 4.94. The molecular formula is C16H19N3O2. The van der Waals surface area contributed by atoms with E-state index >= 15 is 0 Å². The van der Waals surface area contributed by atoms with Crippen LogP contribution in [0, 0.1) is 17.8 Å². The van der Waals surface area contributed by atoms with Crippen molar-refractivity contribution in [1.29, 1.82) is 0 Å². The topological polar surface area (TPSA) is 67.9 Å². The van der Waals surface area contributed by atoms with E-state index in [-0.39, 0.29) is 5.78 Å². The van der Waals surface area contributed by atoms with Crippen molar-refractivity contribution < 1.29 is 9.53 Å². The standard InChI is InChI=1S/C16H19N3O2/c1-4-13(20)7-5-6-12-8-17-15-14(12)16(19-10-18-15)21-9-11(2)3/h8,10-11H,4,6,9H2,1-3H3,(H,17,18,19). The zero-order valence-corrected chi connectivity index (χ0v) is 12.6. The van der Waals surface area contributed by atoms with Crippen LogP contribution in [0.25, 0.3) is 11.0 Å². The van der Waals surface area contributed by atoms with Crippen LogP contribution in [0.15, 0.2) is 12.5 Å². The monoisotopic (exact) mass is 285 g/mol. The minimum atomic E-state index is -0.0534. The smallest absolute Gasteiger partial charge is 0.226 e. The summed E-state index contributed by atoms with van der Waals surface area (Å²) in [5.41, 5.74) is 1.67. The number of carbonyl (C=O) groups is 1. The van der Waals surface area contributed by atoms with E-state index < -0.39 is 0 Å². The van der Waals surface area contributed by atoms with Crippen LogP contribution in [-0.4, -0.2) is 27.3 Å². The Morgan fingerprint density at radius 2 is 2.24 bits per heavy atom. The summed E-state index contributed by atoms with van der Waals surface area (Å²) >= 11 is 0. The number of rotatable bonds is 5. The van der Waals surface area contributed by atoms with E-state index in [2.05, 4.69) is 40.6 Å². The summed E-state index contributed by atoms with van der Waals surface area (Å²) in [5.74, 6) is 6.44. The first-order chi connectivity index (χ1) is 10.1. The highest BCUT2D eigenvalue weighted by Crippen LogP contribution is 2.25. The Morgan fingerprint density at radius 3 is 2.95 bits per heavy atom. The third-order valence-electron chi connectivity index (χ3n) is 2.90. The predicted octanol–water partition coefficient (Wildman–Crippen LogP) is 2.52. The Balaban J connectivity index is 2.27. The number of ether oxygens (including phenoxy) is 1. The average molecular weight is 285 g/mol. The molecule has 2 heterocycles. The quantitative estimate of drug-likeness (QED) is 0.677. The molecule has 0 saturated heterocycles. The highest BCUT2D eigenvalue weighted by molar-refractivity contribution is 5.95. The molecule has 0 fully saturated rings. The zero-order valence-electron chi connectivity index (χ0n) is 12.6. The second-order valence-corrected chi connectivity index (χ2v) is 5.18. The van der Waals surface area contributed by atoms with Crippen molar-refractivity contribution in [2.45, 2.75) is 33.6 Å². The van der Waals surface area contributed by atoms with Crippen LogP contribution < -0.4 is 4.74 Å². The maximum Gasteiger partial charge on any atom is 0.226 e. The summed E-state index contributed by atoms with van der Waals surface area (Å²) in [6.07, 6.45) is 4.22. The molecule has 1 N–H and O–H groups in total. The largest absolute Gasteiger partial charge is 0.477 e. The van der Waals surface area contributed by atoms with Gasteiger partial charge in [0.05, 0.1) is 12.0 Å². The minimum absolute atomic E-state index is 0.0534. The lowest BCUT2D eigenvalue weighted by Crippen LogP contribution is -2.06. The first-order valence-electron chi connectivity index (χ1n) is 7.07. The van der Waals surface area contributed by atoms with Crippen LogP contribution in [0.5, 0.6) is 5.88 Å². The van der Waals surface area contributed by atoms with Crippen LogP contribution in [0.1, 0.15) is 32.8 Å². The molecule has 110 valence electrons. The molecule has 0 unspecified atom stereocenters. The fourth-order valence-corrected chi connectivity index (χ4v) is 1.82. The summed E-state index contributed by atoms with van der Waals surface area (Å²) in [4.78, 5) is 22.7. The van der Waals surface area contributed by atoms with Crippen molar-refractivity contribution in [3.63, 3.8) is 0 Å². The lowest BCUT2D eigenvalue weighted by atomic mass is 10.1. The zero-order chi connectivity index (χ0) is 15.2. The summed E-state index contributed by atoms with van der Waals surface area (Å²) in [6, 6.07) is 0. The van der Waals surface area contributed by atoms with Gasteiger partial charge in [0.2, 0.25) is 11.7 Å². The molecule has 0 aliphatic heterocycles. The number of hydrogen-bond acceptors (Lipinski definition) is 4. The third kappa shape index (κ3) is 3.82. The molecule has 0 aliphatic carbocycles. The van der Waals surface area contributed by atoms with Gasteiger partial charge in [-0.3, -0.25) is 4.79 Å². The molecule has 2 aromatic rings. The molecule has 0 bridgehead atoms. The Bertz CT molecular complexity index is 692. The SMILES string of the molecule is CCC(=O)C#CCc1c[nH]c2ncnc(OCC(C)C)c12. The number of hydrogen-bond donors (Lipinski definition) is 1. The normalized spacial score (nSPS) is 10.5. The number of aromatic nitrogens is 3. The van der Waals surface area contributed by atoms with Crippen molar-refractivity contribution in [2.24, 2.45) is 5.92 Å². The van der Waals surface area contributed by atoms with Gasteiger partial charge >= 0.3 is 0 Å². The van der Waals surface area contributed by atoms with Gasteiger partial charge < -0.3 is 9.72 Å². The van der Waals surface area contributed by atoms with E-state index in [1.165, 1.54) is 6.33 Å². The van der Waals surface area contributed by atoms with Gasteiger partial charge in [0.25, 0.3) is 0 Å². The number of H-pyrrole nitrogens is 1. The summed E-state index contributed by atoms with van der Waals surface area (Å²) in [5, 5.41) is 0.844. The number of aromatic amines is 1. The number of carbonyl (C=O) groups excluding carboxylic acids is 1. The van der Waals surface area contributed by atoms with Gasteiger partial charge in [-0.1, -0.05) is 26.7 Å². The molecule has 5 heteroatoms. The van der Waals surface area contributed by atoms with Crippen molar-refractivity contribution in [3.05, 3.63) is 18.1 Å².